The van der Waals surface area contributed by atoms with E-state index in [1.54, 1.807) is 0 Å². The molecule has 0 N–H and O–H groups in total. The molecular formula is C50H34N4. The van der Waals surface area contributed by atoms with Gasteiger partial charge in [0, 0.05) is 38.6 Å². The van der Waals surface area contributed by atoms with Gasteiger partial charge in [-0.05, 0) is 69.8 Å². The van der Waals surface area contributed by atoms with Crippen LogP contribution in [0.3, 0.4) is 0 Å². The van der Waals surface area contributed by atoms with Gasteiger partial charge in [0.15, 0.2) is 5.82 Å². The molecule has 4 nitrogen and oxygen atoms in total. The van der Waals surface area contributed by atoms with Crippen molar-refractivity contribution in [2.45, 2.75) is 19.3 Å². The van der Waals surface area contributed by atoms with E-state index in [2.05, 4.69) is 134 Å². The highest BCUT2D eigenvalue weighted by atomic mass is 15.0. The molecule has 0 amide bonds. The Balaban J connectivity index is 1.31. The third kappa shape index (κ3) is 4.90. The molecule has 0 bridgehead atoms. The van der Waals surface area contributed by atoms with E-state index in [0.29, 0.717) is 11.4 Å². The van der Waals surface area contributed by atoms with E-state index in [0.717, 1.165) is 50.4 Å². The number of fused-ring (bicyclic) bond motifs is 7. The Morgan fingerprint density at radius 3 is 1.85 bits per heavy atom. The largest absolute Gasteiger partial charge is 0.309 e. The van der Waals surface area contributed by atoms with Gasteiger partial charge in [-0.3, -0.25) is 0 Å². The number of nitriles is 1. The molecule has 1 aliphatic carbocycles. The predicted molar refractivity (Wildman–Crippen MR) is 220 cm³/mol. The molecule has 2 aromatic heterocycles. The maximum atomic E-state index is 10.3. The van der Waals surface area contributed by atoms with Gasteiger partial charge in [-0.15, -0.1) is 0 Å². The van der Waals surface area contributed by atoms with Crippen LogP contribution in [0.2, 0.25) is 0 Å². The molecule has 0 saturated heterocycles. The molecule has 7 aromatic carbocycles. The van der Waals surface area contributed by atoms with Gasteiger partial charge in [0.05, 0.1) is 34.1 Å². The van der Waals surface area contributed by atoms with Crippen LogP contribution in [0.4, 0.5) is 0 Å². The van der Waals surface area contributed by atoms with E-state index in [-0.39, 0.29) is 5.41 Å². The summed E-state index contributed by atoms with van der Waals surface area (Å²) in [5.41, 5.74) is 15.3. The van der Waals surface area contributed by atoms with Crippen LogP contribution in [0, 0.1) is 11.3 Å². The maximum absolute atomic E-state index is 10.3. The van der Waals surface area contributed by atoms with Gasteiger partial charge in [0.2, 0.25) is 0 Å². The zero-order chi connectivity index (χ0) is 36.4. The first-order valence-electron chi connectivity index (χ1n) is 18.3. The Bertz CT molecular complexity index is 2910. The Morgan fingerprint density at radius 2 is 1.13 bits per heavy atom. The average molecular weight is 691 g/mol. The van der Waals surface area contributed by atoms with Crippen LogP contribution in [0.1, 0.15) is 30.5 Å². The normalized spacial score (nSPS) is 12.8. The second-order valence-corrected chi connectivity index (χ2v) is 14.5. The molecule has 10 rings (SSSR count). The summed E-state index contributed by atoms with van der Waals surface area (Å²) in [4.78, 5) is 10.5. The SMILES string of the molecule is CC1(C)c2ccccc2-c2ccc3c4ccccc4n(-c4cc(-c5nc(-c6ccccc6)cc(-c6ccccc6)n5)cc(-c5ccccc5C#N)c4)c3c21. The van der Waals surface area contributed by atoms with Crippen LogP contribution < -0.4 is 0 Å². The molecule has 254 valence electrons. The smallest absolute Gasteiger partial charge is 0.160 e. The first-order chi connectivity index (χ1) is 26.5. The van der Waals surface area contributed by atoms with Crippen molar-refractivity contribution >= 4 is 21.8 Å². The van der Waals surface area contributed by atoms with Crippen molar-refractivity contribution in [1.82, 2.24) is 14.5 Å². The van der Waals surface area contributed by atoms with Crippen LogP contribution in [0.5, 0.6) is 0 Å². The topological polar surface area (TPSA) is 54.5 Å². The average Bonchev–Trinajstić information content (AvgIpc) is 3.69. The molecule has 0 saturated carbocycles. The molecule has 0 spiro atoms. The highest BCUT2D eigenvalue weighted by Gasteiger charge is 2.38. The first-order valence-corrected chi connectivity index (χ1v) is 18.3. The molecule has 0 fully saturated rings. The van der Waals surface area contributed by atoms with E-state index in [4.69, 9.17) is 9.97 Å². The first kappa shape index (κ1) is 31.6. The summed E-state index contributed by atoms with van der Waals surface area (Å²) in [7, 11) is 0. The fraction of sp³-hybridized carbons (Fsp3) is 0.0600. The number of rotatable bonds is 5. The number of benzene rings is 7. The minimum atomic E-state index is -0.233. The van der Waals surface area contributed by atoms with E-state index in [9.17, 15) is 5.26 Å². The summed E-state index contributed by atoms with van der Waals surface area (Å²) in [6, 6.07) is 61.6. The molecule has 2 heterocycles. The lowest BCUT2D eigenvalue weighted by atomic mass is 9.81. The van der Waals surface area contributed by atoms with Crippen LogP contribution in [0.15, 0.2) is 170 Å². The van der Waals surface area contributed by atoms with Gasteiger partial charge < -0.3 is 4.57 Å². The lowest BCUT2D eigenvalue weighted by Crippen LogP contribution is -2.16. The van der Waals surface area contributed by atoms with Crippen LogP contribution in [-0.2, 0) is 5.41 Å². The molecule has 0 unspecified atom stereocenters. The van der Waals surface area contributed by atoms with Crippen molar-refractivity contribution in [2.75, 3.05) is 0 Å². The number of nitrogens with zero attached hydrogens (tertiary/aromatic N) is 4. The van der Waals surface area contributed by atoms with E-state index < -0.39 is 0 Å². The van der Waals surface area contributed by atoms with Crippen LogP contribution in [0.25, 0.3) is 83.6 Å². The zero-order valence-corrected chi connectivity index (χ0v) is 30.0. The van der Waals surface area contributed by atoms with Crippen molar-refractivity contribution in [1.29, 1.82) is 5.26 Å². The fourth-order valence-corrected chi connectivity index (χ4v) is 8.53. The second-order valence-electron chi connectivity index (χ2n) is 14.5. The molecule has 9 aromatic rings. The summed E-state index contributed by atoms with van der Waals surface area (Å²) in [6.45, 7) is 4.69. The second kappa shape index (κ2) is 12.3. The quantitative estimate of drug-likeness (QED) is 0.181. The van der Waals surface area contributed by atoms with E-state index in [1.807, 2.05) is 60.7 Å². The van der Waals surface area contributed by atoms with E-state index >= 15 is 0 Å². The molecule has 0 radical (unpaired) electrons. The monoisotopic (exact) mass is 690 g/mol. The number of aromatic nitrogens is 3. The summed E-state index contributed by atoms with van der Waals surface area (Å²) in [5.74, 6) is 0.617. The van der Waals surface area contributed by atoms with Gasteiger partial charge in [0.25, 0.3) is 0 Å². The summed E-state index contributed by atoms with van der Waals surface area (Å²) in [6.07, 6.45) is 0. The van der Waals surface area contributed by atoms with E-state index in [1.165, 1.54) is 38.5 Å². The van der Waals surface area contributed by atoms with Crippen molar-refractivity contribution in [3.63, 3.8) is 0 Å². The van der Waals surface area contributed by atoms with Gasteiger partial charge in [-0.2, -0.15) is 5.26 Å². The molecule has 0 aliphatic heterocycles. The van der Waals surface area contributed by atoms with Crippen molar-refractivity contribution in [2.24, 2.45) is 0 Å². The third-order valence-electron chi connectivity index (χ3n) is 11.0. The highest BCUT2D eigenvalue weighted by molar-refractivity contribution is 6.13. The van der Waals surface area contributed by atoms with Crippen molar-refractivity contribution < 1.29 is 0 Å². The maximum Gasteiger partial charge on any atom is 0.160 e. The van der Waals surface area contributed by atoms with Gasteiger partial charge in [-0.1, -0.05) is 147 Å². The minimum absolute atomic E-state index is 0.233. The molecule has 1 aliphatic rings. The third-order valence-corrected chi connectivity index (χ3v) is 11.0. The minimum Gasteiger partial charge on any atom is -0.309 e. The standard InChI is InChI=1S/C50H34N4/c1-50(2)43-23-13-11-21-39(43)41-25-26-42-40-22-12-14-24-46(40)54(48(42)47(41)50)37-28-35(38-20-10-9-19-34(38)31-51)27-36(29-37)49-52-44(32-15-5-3-6-16-32)30-45(53-49)33-17-7-4-8-18-33/h3-30H,1-2H3. The summed E-state index contributed by atoms with van der Waals surface area (Å²) < 4.78 is 2.43. The number of para-hydroxylation sites is 1. The lowest BCUT2D eigenvalue weighted by Gasteiger charge is -2.24. The van der Waals surface area contributed by atoms with Crippen molar-refractivity contribution in [3.8, 4) is 67.9 Å². The van der Waals surface area contributed by atoms with Crippen LogP contribution >= 0.6 is 0 Å². The Labute approximate surface area is 314 Å². The van der Waals surface area contributed by atoms with Gasteiger partial charge >= 0.3 is 0 Å². The van der Waals surface area contributed by atoms with Crippen molar-refractivity contribution in [3.05, 3.63) is 187 Å². The summed E-state index contributed by atoms with van der Waals surface area (Å²) in [5, 5.41) is 12.7. The Morgan fingerprint density at radius 1 is 0.519 bits per heavy atom. The molecule has 54 heavy (non-hydrogen) atoms. The number of hydrogen-bond donors (Lipinski definition) is 0. The van der Waals surface area contributed by atoms with Crippen LogP contribution in [-0.4, -0.2) is 14.5 Å². The Kier molecular flexibility index (Phi) is 7.18. The zero-order valence-electron chi connectivity index (χ0n) is 30.0. The Hall–Kier alpha value is -7.09. The predicted octanol–water partition coefficient (Wildman–Crippen LogP) is 12.4. The fourth-order valence-electron chi connectivity index (χ4n) is 8.53. The molecule has 4 heteroatoms. The number of hydrogen-bond acceptors (Lipinski definition) is 3. The molecule has 0 atom stereocenters. The lowest BCUT2D eigenvalue weighted by molar-refractivity contribution is 0.664. The van der Waals surface area contributed by atoms with Gasteiger partial charge in [0.1, 0.15) is 0 Å². The molecular weight excluding hydrogens is 657 g/mol. The van der Waals surface area contributed by atoms with Gasteiger partial charge in [-0.25, -0.2) is 9.97 Å². The highest BCUT2D eigenvalue weighted by Crippen LogP contribution is 2.53. The summed E-state index contributed by atoms with van der Waals surface area (Å²) >= 11 is 0.